The molecule has 0 radical (unpaired) electrons. The van der Waals surface area contributed by atoms with Crippen LogP contribution in [0.3, 0.4) is 0 Å². The average molecular weight is 282 g/mol. The first-order valence-electron chi connectivity index (χ1n) is 6.14. The minimum atomic E-state index is 0.456. The van der Waals surface area contributed by atoms with Crippen LogP contribution < -0.4 is 5.32 Å². The second kappa shape index (κ2) is 4.89. The van der Waals surface area contributed by atoms with Crippen molar-refractivity contribution < 1.29 is 0 Å². The van der Waals surface area contributed by atoms with Crippen LogP contribution in [0, 0.1) is 5.41 Å². The Morgan fingerprint density at radius 3 is 2.44 bits per heavy atom. The molecule has 0 bridgehead atoms. The molecule has 1 nitrogen and oxygen atoms in total. The molecule has 0 heterocycles. The first-order chi connectivity index (χ1) is 7.65. The predicted molar refractivity (Wildman–Crippen MR) is 72.5 cm³/mol. The van der Waals surface area contributed by atoms with Gasteiger partial charge in [-0.05, 0) is 49.3 Å². The maximum Gasteiger partial charge on any atom is 0.0292 e. The van der Waals surface area contributed by atoms with Crippen LogP contribution in [0.25, 0.3) is 0 Å². The Hall–Kier alpha value is -0.340. The van der Waals surface area contributed by atoms with E-state index in [1.807, 2.05) is 0 Å². The summed E-state index contributed by atoms with van der Waals surface area (Å²) in [4.78, 5) is 0. The molecule has 1 N–H and O–H groups in total. The van der Waals surface area contributed by atoms with Crippen molar-refractivity contribution in [2.24, 2.45) is 5.41 Å². The van der Waals surface area contributed by atoms with E-state index in [0.29, 0.717) is 11.5 Å². The third-order valence-electron chi connectivity index (χ3n) is 3.86. The fourth-order valence-corrected chi connectivity index (χ4v) is 2.34. The molecule has 1 atom stereocenters. The Labute approximate surface area is 107 Å². The molecule has 1 aliphatic rings. The highest BCUT2D eigenvalue weighted by Gasteiger charge is 2.40. The molecule has 1 unspecified atom stereocenters. The van der Waals surface area contributed by atoms with Crippen molar-refractivity contribution in [3.8, 4) is 0 Å². The van der Waals surface area contributed by atoms with Gasteiger partial charge < -0.3 is 5.32 Å². The zero-order chi connectivity index (χ0) is 11.6. The van der Waals surface area contributed by atoms with Crippen molar-refractivity contribution in [1.82, 2.24) is 5.32 Å². The van der Waals surface area contributed by atoms with Crippen LogP contribution in [0.1, 0.15) is 44.7 Å². The van der Waals surface area contributed by atoms with E-state index in [-0.39, 0.29) is 0 Å². The summed E-state index contributed by atoms with van der Waals surface area (Å²) in [5, 5.41) is 3.66. The maximum atomic E-state index is 3.66. The lowest BCUT2D eigenvalue weighted by atomic mass is 10.0. The molecule has 0 saturated heterocycles. The predicted octanol–water partition coefficient (Wildman–Crippen LogP) is 4.29. The molecule has 1 aromatic rings. The second-order valence-corrected chi connectivity index (χ2v) is 5.92. The first kappa shape index (κ1) is 12.1. The summed E-state index contributed by atoms with van der Waals surface area (Å²) in [6, 6.07) is 9.05. The van der Waals surface area contributed by atoms with Crippen molar-refractivity contribution in [3.05, 3.63) is 34.3 Å². The smallest absolute Gasteiger partial charge is 0.0292 e. The van der Waals surface area contributed by atoms with Crippen molar-refractivity contribution in [1.29, 1.82) is 0 Å². The zero-order valence-corrected chi connectivity index (χ0v) is 11.7. The largest absolute Gasteiger partial charge is 0.310 e. The Morgan fingerprint density at radius 1 is 1.31 bits per heavy atom. The fraction of sp³-hybridized carbons (Fsp3) is 0.571. The number of hydrogen-bond acceptors (Lipinski definition) is 1. The molecule has 0 aromatic heterocycles. The van der Waals surface area contributed by atoms with Gasteiger partial charge in [-0.2, -0.15) is 0 Å². The number of hydrogen-bond donors (Lipinski definition) is 1. The molecule has 0 spiro atoms. The highest BCUT2D eigenvalue weighted by atomic mass is 79.9. The Bertz CT molecular complexity index is 340. The van der Waals surface area contributed by atoms with Gasteiger partial charge in [-0.3, -0.25) is 0 Å². The van der Waals surface area contributed by atoms with Crippen molar-refractivity contribution in [2.45, 2.75) is 39.2 Å². The van der Waals surface area contributed by atoms with Gasteiger partial charge in [0.1, 0.15) is 0 Å². The average Bonchev–Trinajstić information content (AvgIpc) is 3.08. The van der Waals surface area contributed by atoms with Gasteiger partial charge in [-0.15, -0.1) is 0 Å². The van der Waals surface area contributed by atoms with E-state index in [2.05, 4.69) is 59.4 Å². The van der Waals surface area contributed by atoms with E-state index < -0.39 is 0 Å². The lowest BCUT2D eigenvalue weighted by Gasteiger charge is -2.19. The first-order valence-corrected chi connectivity index (χ1v) is 6.93. The highest BCUT2D eigenvalue weighted by molar-refractivity contribution is 9.10. The van der Waals surface area contributed by atoms with Gasteiger partial charge in [0.15, 0.2) is 0 Å². The summed E-state index contributed by atoms with van der Waals surface area (Å²) in [5.74, 6) is 0. The van der Waals surface area contributed by atoms with E-state index >= 15 is 0 Å². The molecule has 2 rings (SSSR count). The molecule has 16 heavy (non-hydrogen) atoms. The standard InChI is InChI=1S/C14H20BrN/c1-3-14(8-9-14)10-16-11(2)12-4-6-13(15)7-5-12/h4-7,11,16H,3,8-10H2,1-2H3. The van der Waals surface area contributed by atoms with Gasteiger partial charge >= 0.3 is 0 Å². The van der Waals surface area contributed by atoms with E-state index in [4.69, 9.17) is 0 Å². The van der Waals surface area contributed by atoms with Crippen molar-refractivity contribution >= 4 is 15.9 Å². The summed E-state index contributed by atoms with van der Waals surface area (Å²) in [7, 11) is 0. The van der Waals surface area contributed by atoms with Gasteiger partial charge in [0, 0.05) is 17.1 Å². The summed E-state index contributed by atoms with van der Waals surface area (Å²) in [6.07, 6.45) is 4.13. The lowest BCUT2D eigenvalue weighted by molar-refractivity contribution is 0.415. The summed E-state index contributed by atoms with van der Waals surface area (Å²) < 4.78 is 1.15. The molecule has 1 saturated carbocycles. The van der Waals surface area contributed by atoms with E-state index in [9.17, 15) is 0 Å². The van der Waals surface area contributed by atoms with Crippen LogP contribution in [0.4, 0.5) is 0 Å². The van der Waals surface area contributed by atoms with Crippen LogP contribution in [0.15, 0.2) is 28.7 Å². The van der Waals surface area contributed by atoms with Crippen LogP contribution in [0.5, 0.6) is 0 Å². The van der Waals surface area contributed by atoms with E-state index in [1.54, 1.807) is 0 Å². The van der Waals surface area contributed by atoms with Crippen molar-refractivity contribution in [3.63, 3.8) is 0 Å². The third kappa shape index (κ3) is 2.86. The van der Waals surface area contributed by atoms with Gasteiger partial charge in [-0.1, -0.05) is 35.0 Å². The monoisotopic (exact) mass is 281 g/mol. The van der Waals surface area contributed by atoms with Gasteiger partial charge in [0.25, 0.3) is 0 Å². The molecule has 0 aliphatic heterocycles. The molecule has 1 fully saturated rings. The quantitative estimate of drug-likeness (QED) is 0.849. The normalized spacial score (nSPS) is 19.4. The van der Waals surface area contributed by atoms with Gasteiger partial charge in [-0.25, -0.2) is 0 Å². The summed E-state index contributed by atoms with van der Waals surface area (Å²) in [5.41, 5.74) is 2.00. The van der Waals surface area contributed by atoms with Gasteiger partial charge in [0.05, 0.1) is 0 Å². The molecular formula is C14H20BrN. The van der Waals surface area contributed by atoms with E-state index in [0.717, 1.165) is 4.47 Å². The minimum Gasteiger partial charge on any atom is -0.310 e. The molecule has 1 aromatic carbocycles. The Kier molecular flexibility index (Phi) is 3.70. The maximum absolute atomic E-state index is 3.66. The number of nitrogens with one attached hydrogen (secondary N) is 1. The van der Waals surface area contributed by atoms with Crippen LogP contribution in [-0.4, -0.2) is 6.54 Å². The SMILES string of the molecule is CCC1(CNC(C)c2ccc(Br)cc2)CC1. The molecule has 88 valence electrons. The minimum absolute atomic E-state index is 0.456. The number of rotatable bonds is 5. The van der Waals surface area contributed by atoms with Crippen molar-refractivity contribution in [2.75, 3.05) is 6.54 Å². The topological polar surface area (TPSA) is 12.0 Å². The highest BCUT2D eigenvalue weighted by Crippen LogP contribution is 2.48. The zero-order valence-electron chi connectivity index (χ0n) is 10.1. The second-order valence-electron chi connectivity index (χ2n) is 5.01. The molecule has 2 heteroatoms. The third-order valence-corrected chi connectivity index (χ3v) is 4.39. The Balaban J connectivity index is 1.88. The molecule has 0 amide bonds. The van der Waals surface area contributed by atoms with E-state index in [1.165, 1.54) is 31.4 Å². The van der Waals surface area contributed by atoms with Crippen LogP contribution in [0.2, 0.25) is 0 Å². The van der Waals surface area contributed by atoms with Crippen LogP contribution >= 0.6 is 15.9 Å². The molecular weight excluding hydrogens is 262 g/mol. The number of benzene rings is 1. The molecule has 1 aliphatic carbocycles. The fourth-order valence-electron chi connectivity index (χ4n) is 2.07. The number of halogens is 1. The van der Waals surface area contributed by atoms with Crippen LogP contribution in [-0.2, 0) is 0 Å². The lowest BCUT2D eigenvalue weighted by Crippen LogP contribution is -2.26. The summed E-state index contributed by atoms with van der Waals surface area (Å²) in [6.45, 7) is 5.72. The summed E-state index contributed by atoms with van der Waals surface area (Å²) >= 11 is 3.47. The van der Waals surface area contributed by atoms with Gasteiger partial charge in [0.2, 0.25) is 0 Å². The Morgan fingerprint density at radius 2 is 1.94 bits per heavy atom.